The van der Waals surface area contributed by atoms with E-state index in [1.54, 1.807) is 0 Å². The van der Waals surface area contributed by atoms with Crippen molar-refractivity contribution in [3.63, 3.8) is 0 Å². The molecule has 1 aliphatic rings. The van der Waals surface area contributed by atoms with Crippen LogP contribution in [0.3, 0.4) is 0 Å². The number of nitrogens with zero attached hydrogens (tertiary/aromatic N) is 1. The zero-order valence-corrected chi connectivity index (χ0v) is 13.8. The summed E-state index contributed by atoms with van der Waals surface area (Å²) < 4.78 is 5.98. The molecule has 0 atom stereocenters. The fraction of sp³-hybridized carbons (Fsp3) is 0.316. The van der Waals surface area contributed by atoms with Crippen molar-refractivity contribution in [1.82, 2.24) is 5.32 Å². The molecule has 4 nitrogen and oxygen atoms in total. The number of hydrogen-bond acceptors (Lipinski definition) is 3. The SMILES string of the molecule is CN1CC(C)(C)Oc2ccc(C(=O)NCc3ccccc3)cc21. The van der Waals surface area contributed by atoms with E-state index < -0.39 is 0 Å². The van der Waals surface area contributed by atoms with Gasteiger partial charge in [-0.05, 0) is 37.6 Å². The van der Waals surface area contributed by atoms with E-state index in [1.165, 1.54) is 0 Å². The summed E-state index contributed by atoms with van der Waals surface area (Å²) in [6.07, 6.45) is 0. The first-order chi connectivity index (χ1) is 10.9. The van der Waals surface area contributed by atoms with E-state index >= 15 is 0 Å². The second kappa shape index (κ2) is 5.95. The van der Waals surface area contributed by atoms with Gasteiger partial charge in [0.1, 0.15) is 11.4 Å². The first-order valence-electron chi connectivity index (χ1n) is 7.81. The van der Waals surface area contributed by atoms with Crippen molar-refractivity contribution in [2.75, 3.05) is 18.5 Å². The summed E-state index contributed by atoms with van der Waals surface area (Å²) in [5.74, 6) is 0.748. The Labute approximate surface area is 137 Å². The van der Waals surface area contributed by atoms with Crippen LogP contribution in [0.1, 0.15) is 29.8 Å². The topological polar surface area (TPSA) is 41.6 Å². The summed E-state index contributed by atoms with van der Waals surface area (Å²) in [6.45, 7) is 5.44. The number of amides is 1. The maximum Gasteiger partial charge on any atom is 0.251 e. The number of carbonyl (C=O) groups excluding carboxylic acids is 1. The molecule has 0 radical (unpaired) electrons. The zero-order valence-electron chi connectivity index (χ0n) is 13.8. The molecular weight excluding hydrogens is 288 g/mol. The minimum Gasteiger partial charge on any atom is -0.484 e. The van der Waals surface area contributed by atoms with Gasteiger partial charge in [0.05, 0.1) is 12.2 Å². The second-order valence-electron chi connectivity index (χ2n) is 6.57. The Morgan fingerprint density at radius 3 is 2.70 bits per heavy atom. The highest BCUT2D eigenvalue weighted by molar-refractivity contribution is 5.95. The highest BCUT2D eigenvalue weighted by Gasteiger charge is 2.30. The van der Waals surface area contributed by atoms with Gasteiger partial charge in [-0.3, -0.25) is 4.79 Å². The molecule has 1 amide bonds. The predicted octanol–water partition coefficient (Wildman–Crippen LogP) is 3.22. The van der Waals surface area contributed by atoms with Crippen molar-refractivity contribution in [3.8, 4) is 5.75 Å². The van der Waals surface area contributed by atoms with Crippen LogP contribution in [0.15, 0.2) is 48.5 Å². The molecule has 0 saturated heterocycles. The predicted molar refractivity (Wildman–Crippen MR) is 92.0 cm³/mol. The minimum atomic E-state index is -0.223. The van der Waals surface area contributed by atoms with Gasteiger partial charge < -0.3 is 15.0 Å². The Morgan fingerprint density at radius 1 is 1.22 bits per heavy atom. The van der Waals surface area contributed by atoms with Gasteiger partial charge in [0, 0.05) is 19.2 Å². The van der Waals surface area contributed by atoms with Gasteiger partial charge in [0.2, 0.25) is 0 Å². The molecule has 1 aliphatic heterocycles. The molecule has 0 saturated carbocycles. The third kappa shape index (κ3) is 3.47. The highest BCUT2D eigenvalue weighted by atomic mass is 16.5. The number of likely N-dealkylation sites (N-methyl/N-ethyl adjacent to an activating group) is 1. The van der Waals surface area contributed by atoms with E-state index in [0.29, 0.717) is 12.1 Å². The van der Waals surface area contributed by atoms with Crippen molar-refractivity contribution in [2.24, 2.45) is 0 Å². The van der Waals surface area contributed by atoms with Crippen molar-refractivity contribution in [3.05, 3.63) is 59.7 Å². The Balaban J connectivity index is 1.74. The normalized spacial score (nSPS) is 15.5. The fourth-order valence-corrected chi connectivity index (χ4v) is 2.91. The monoisotopic (exact) mass is 310 g/mol. The van der Waals surface area contributed by atoms with Crippen molar-refractivity contribution < 1.29 is 9.53 Å². The van der Waals surface area contributed by atoms with Crippen LogP contribution in [0.2, 0.25) is 0 Å². The summed E-state index contributed by atoms with van der Waals surface area (Å²) >= 11 is 0. The number of ether oxygens (including phenoxy) is 1. The van der Waals surface area contributed by atoms with Crippen LogP contribution in [0.5, 0.6) is 5.75 Å². The van der Waals surface area contributed by atoms with E-state index in [4.69, 9.17) is 4.74 Å². The first-order valence-corrected chi connectivity index (χ1v) is 7.81. The molecule has 0 aliphatic carbocycles. The summed E-state index contributed by atoms with van der Waals surface area (Å²) in [4.78, 5) is 14.5. The molecule has 2 aromatic carbocycles. The maximum atomic E-state index is 12.4. The standard InChI is InChI=1S/C19H22N2O2/c1-19(2)13-21(3)16-11-15(9-10-17(16)23-19)18(22)20-12-14-7-5-4-6-8-14/h4-11H,12-13H2,1-3H3,(H,20,22). The van der Waals surface area contributed by atoms with E-state index in [-0.39, 0.29) is 11.5 Å². The molecular formula is C19H22N2O2. The molecule has 0 unspecified atom stereocenters. The van der Waals surface area contributed by atoms with Crippen LogP contribution in [0.25, 0.3) is 0 Å². The average Bonchev–Trinajstić information content (AvgIpc) is 2.52. The molecule has 3 rings (SSSR count). The quantitative estimate of drug-likeness (QED) is 0.946. The van der Waals surface area contributed by atoms with E-state index in [0.717, 1.165) is 23.5 Å². The fourth-order valence-electron chi connectivity index (χ4n) is 2.91. The lowest BCUT2D eigenvalue weighted by atomic mass is 10.0. The molecule has 0 bridgehead atoms. The lowest BCUT2D eigenvalue weighted by Gasteiger charge is -2.39. The molecule has 0 aromatic heterocycles. The number of nitrogens with one attached hydrogen (secondary N) is 1. The molecule has 0 fully saturated rings. The lowest BCUT2D eigenvalue weighted by Crippen LogP contribution is -2.45. The maximum absolute atomic E-state index is 12.4. The van der Waals surface area contributed by atoms with Crippen LogP contribution in [-0.4, -0.2) is 25.1 Å². The molecule has 0 spiro atoms. The molecule has 4 heteroatoms. The smallest absolute Gasteiger partial charge is 0.251 e. The minimum absolute atomic E-state index is 0.0742. The molecule has 23 heavy (non-hydrogen) atoms. The van der Waals surface area contributed by atoms with Gasteiger partial charge in [-0.2, -0.15) is 0 Å². The van der Waals surface area contributed by atoms with Crippen LogP contribution in [0, 0.1) is 0 Å². The lowest BCUT2D eigenvalue weighted by molar-refractivity contribution is 0.0950. The van der Waals surface area contributed by atoms with Crippen LogP contribution in [0.4, 0.5) is 5.69 Å². The van der Waals surface area contributed by atoms with Crippen molar-refractivity contribution >= 4 is 11.6 Å². The highest BCUT2D eigenvalue weighted by Crippen LogP contribution is 2.36. The molecule has 2 aromatic rings. The summed E-state index contributed by atoms with van der Waals surface area (Å²) in [7, 11) is 2.02. The molecule has 1 N–H and O–H groups in total. The summed E-state index contributed by atoms with van der Waals surface area (Å²) in [6, 6.07) is 15.5. The van der Waals surface area contributed by atoms with Crippen LogP contribution >= 0.6 is 0 Å². The number of anilines is 1. The average molecular weight is 310 g/mol. The third-order valence-corrected chi connectivity index (χ3v) is 3.93. The summed E-state index contributed by atoms with van der Waals surface area (Å²) in [5, 5.41) is 2.95. The van der Waals surface area contributed by atoms with Gasteiger partial charge in [-0.15, -0.1) is 0 Å². The number of fused-ring (bicyclic) bond motifs is 1. The number of benzene rings is 2. The van der Waals surface area contributed by atoms with Gasteiger partial charge >= 0.3 is 0 Å². The third-order valence-electron chi connectivity index (χ3n) is 3.93. The van der Waals surface area contributed by atoms with Crippen molar-refractivity contribution in [1.29, 1.82) is 0 Å². The first kappa shape index (κ1) is 15.4. The molecule has 120 valence electrons. The second-order valence-corrected chi connectivity index (χ2v) is 6.57. The Morgan fingerprint density at radius 2 is 1.96 bits per heavy atom. The van der Waals surface area contributed by atoms with Gasteiger partial charge in [-0.1, -0.05) is 30.3 Å². The Kier molecular flexibility index (Phi) is 3.99. The molecule has 1 heterocycles. The van der Waals surface area contributed by atoms with Gasteiger partial charge in [0.25, 0.3) is 5.91 Å². The number of rotatable bonds is 3. The number of carbonyl (C=O) groups is 1. The van der Waals surface area contributed by atoms with Gasteiger partial charge in [-0.25, -0.2) is 0 Å². The van der Waals surface area contributed by atoms with E-state index in [1.807, 2.05) is 55.6 Å². The van der Waals surface area contributed by atoms with Crippen LogP contribution < -0.4 is 15.0 Å². The van der Waals surface area contributed by atoms with Crippen molar-refractivity contribution in [2.45, 2.75) is 26.0 Å². The van der Waals surface area contributed by atoms with E-state index in [9.17, 15) is 4.79 Å². The van der Waals surface area contributed by atoms with E-state index in [2.05, 4.69) is 24.1 Å². The number of hydrogen-bond donors (Lipinski definition) is 1. The Hall–Kier alpha value is -2.49. The zero-order chi connectivity index (χ0) is 16.4. The van der Waals surface area contributed by atoms with Crippen LogP contribution in [-0.2, 0) is 6.54 Å². The summed E-state index contributed by atoms with van der Waals surface area (Å²) in [5.41, 5.74) is 2.46. The Bertz CT molecular complexity index is 711. The largest absolute Gasteiger partial charge is 0.484 e. The van der Waals surface area contributed by atoms with Gasteiger partial charge in [0.15, 0.2) is 0 Å².